The van der Waals surface area contributed by atoms with Gasteiger partial charge in [-0.25, -0.2) is 0 Å². The monoisotopic (exact) mass is 575 g/mol. The minimum atomic E-state index is 0.751. The minimum absolute atomic E-state index is 0.751. The summed E-state index contributed by atoms with van der Waals surface area (Å²) in [6.45, 7) is 10.9. The van der Waals surface area contributed by atoms with Gasteiger partial charge in [-0.1, -0.05) is 90.5 Å². The molecule has 0 spiro atoms. The van der Waals surface area contributed by atoms with Crippen LogP contribution in [0, 0.1) is 34.6 Å². The third-order valence-corrected chi connectivity index (χ3v) is 9.26. The van der Waals surface area contributed by atoms with Gasteiger partial charge in [-0.3, -0.25) is 0 Å². The van der Waals surface area contributed by atoms with Crippen LogP contribution in [0.4, 0.5) is 0 Å². The zero-order valence-electron chi connectivity index (χ0n) is 25.3. The summed E-state index contributed by atoms with van der Waals surface area (Å²) in [6.07, 6.45) is 0. The number of fused-ring (bicyclic) bond motifs is 3. The molecule has 2 heteroatoms. The summed E-state index contributed by atoms with van der Waals surface area (Å²) >= 11 is 7.02. The lowest BCUT2D eigenvalue weighted by molar-refractivity contribution is 1.18. The Morgan fingerprint density at radius 2 is 0.930 bits per heavy atom. The molecule has 1 aromatic heterocycles. The molecule has 1 heterocycles. The summed E-state index contributed by atoms with van der Waals surface area (Å²) in [4.78, 5) is 0. The first-order chi connectivity index (χ1) is 20.8. The van der Waals surface area contributed by atoms with Gasteiger partial charge in [0, 0.05) is 22.0 Å². The van der Waals surface area contributed by atoms with E-state index in [0.29, 0.717) is 0 Å². The van der Waals surface area contributed by atoms with Crippen molar-refractivity contribution >= 4 is 33.4 Å². The predicted octanol–water partition coefficient (Wildman–Crippen LogP) is 12.0. The van der Waals surface area contributed by atoms with Crippen molar-refractivity contribution in [2.24, 2.45) is 0 Å². The third kappa shape index (κ3) is 4.56. The van der Waals surface area contributed by atoms with Gasteiger partial charge in [-0.05, 0) is 127 Å². The van der Waals surface area contributed by atoms with Crippen LogP contribution in [0.25, 0.3) is 60.9 Å². The van der Waals surface area contributed by atoms with Crippen LogP contribution in [0.5, 0.6) is 0 Å². The number of hydrogen-bond acceptors (Lipinski definition) is 0. The van der Waals surface area contributed by atoms with Crippen LogP contribution < -0.4 is 0 Å². The Hall–Kier alpha value is -4.59. The lowest BCUT2D eigenvalue weighted by Crippen LogP contribution is -1.95. The number of aromatic nitrogens is 1. The fourth-order valence-electron chi connectivity index (χ4n) is 6.89. The smallest absolute Gasteiger partial charge is 0.0541 e. The van der Waals surface area contributed by atoms with Gasteiger partial charge in [0.1, 0.15) is 0 Å². The summed E-state index contributed by atoms with van der Waals surface area (Å²) in [6, 6.07) is 41.8. The molecule has 0 fully saturated rings. The highest BCUT2D eigenvalue weighted by atomic mass is 35.5. The van der Waals surface area contributed by atoms with E-state index in [-0.39, 0.29) is 0 Å². The van der Waals surface area contributed by atoms with Crippen molar-refractivity contribution in [3.63, 3.8) is 0 Å². The Morgan fingerprint density at radius 3 is 1.42 bits per heavy atom. The molecular formula is C41H34ClN. The van der Waals surface area contributed by atoms with Gasteiger partial charge in [0.2, 0.25) is 0 Å². The Balaban J connectivity index is 1.50. The second-order valence-electron chi connectivity index (χ2n) is 11.8. The summed E-state index contributed by atoms with van der Waals surface area (Å²) in [5, 5.41) is 3.23. The van der Waals surface area contributed by atoms with Crippen LogP contribution in [0.3, 0.4) is 0 Å². The SMILES string of the molecule is Cc1ccccc1-c1ccc(-n2c3ccc(-c4c(C)cccc4C)cc3c3cc(-c4c(C)cccc4C)ccc32)cc1Cl. The summed E-state index contributed by atoms with van der Waals surface area (Å²) in [7, 11) is 0. The van der Waals surface area contributed by atoms with E-state index in [4.69, 9.17) is 11.6 Å². The second kappa shape index (κ2) is 10.6. The van der Waals surface area contributed by atoms with Gasteiger partial charge in [-0.2, -0.15) is 0 Å². The van der Waals surface area contributed by atoms with Gasteiger partial charge in [0.05, 0.1) is 16.1 Å². The molecule has 0 amide bonds. The van der Waals surface area contributed by atoms with E-state index in [1.54, 1.807) is 0 Å². The van der Waals surface area contributed by atoms with Crippen molar-refractivity contribution < 1.29 is 0 Å². The Morgan fingerprint density at radius 1 is 0.442 bits per heavy atom. The molecule has 0 N–H and O–H groups in total. The van der Waals surface area contributed by atoms with Crippen molar-refractivity contribution in [3.8, 4) is 39.1 Å². The Bertz CT molecular complexity index is 2050. The molecule has 0 saturated carbocycles. The molecule has 6 aromatic carbocycles. The predicted molar refractivity (Wildman–Crippen MR) is 186 cm³/mol. The van der Waals surface area contributed by atoms with Gasteiger partial charge >= 0.3 is 0 Å². The van der Waals surface area contributed by atoms with E-state index in [1.165, 1.54) is 71.9 Å². The third-order valence-electron chi connectivity index (χ3n) is 8.95. The van der Waals surface area contributed by atoms with E-state index in [0.717, 1.165) is 21.8 Å². The van der Waals surface area contributed by atoms with Gasteiger partial charge in [0.15, 0.2) is 0 Å². The summed E-state index contributed by atoms with van der Waals surface area (Å²) < 4.78 is 2.36. The first kappa shape index (κ1) is 27.3. The largest absolute Gasteiger partial charge is 0.309 e. The van der Waals surface area contributed by atoms with E-state index in [2.05, 4.69) is 154 Å². The lowest BCUT2D eigenvalue weighted by Gasteiger charge is -2.14. The minimum Gasteiger partial charge on any atom is -0.309 e. The molecule has 0 saturated heterocycles. The first-order valence-electron chi connectivity index (χ1n) is 14.9. The Kier molecular flexibility index (Phi) is 6.72. The average Bonchev–Trinajstić information content (AvgIpc) is 3.31. The number of halogens is 1. The van der Waals surface area contributed by atoms with Crippen molar-refractivity contribution in [2.45, 2.75) is 34.6 Å². The molecule has 210 valence electrons. The number of aryl methyl sites for hydroxylation is 5. The van der Waals surface area contributed by atoms with Crippen molar-refractivity contribution in [2.75, 3.05) is 0 Å². The lowest BCUT2D eigenvalue weighted by atomic mass is 9.93. The standard InChI is InChI=1S/C41H34ClN/c1-25-10-6-7-15-33(25)34-19-18-32(24-37(34)42)43-38-20-16-30(40-26(2)11-8-12-27(40)3)22-35(38)36-23-31(17-21-39(36)43)41-28(4)13-9-14-29(41)5/h6-24H,1-5H3. The first-order valence-corrected chi connectivity index (χ1v) is 15.3. The summed E-state index contributed by atoms with van der Waals surface area (Å²) in [5.74, 6) is 0. The highest BCUT2D eigenvalue weighted by Gasteiger charge is 2.18. The zero-order valence-corrected chi connectivity index (χ0v) is 26.1. The number of rotatable bonds is 4. The van der Waals surface area contributed by atoms with Crippen LogP contribution in [0.2, 0.25) is 5.02 Å². The maximum absolute atomic E-state index is 7.02. The topological polar surface area (TPSA) is 4.93 Å². The van der Waals surface area contributed by atoms with Crippen LogP contribution in [0.15, 0.2) is 115 Å². The van der Waals surface area contributed by atoms with Gasteiger partial charge in [0.25, 0.3) is 0 Å². The average molecular weight is 576 g/mol. The number of nitrogens with zero attached hydrogens (tertiary/aromatic N) is 1. The van der Waals surface area contributed by atoms with E-state index in [9.17, 15) is 0 Å². The number of hydrogen-bond donors (Lipinski definition) is 0. The second-order valence-corrected chi connectivity index (χ2v) is 12.2. The fraction of sp³-hybridized carbons (Fsp3) is 0.122. The fourth-order valence-corrected chi connectivity index (χ4v) is 7.17. The van der Waals surface area contributed by atoms with E-state index < -0.39 is 0 Å². The molecule has 1 nitrogen and oxygen atoms in total. The maximum Gasteiger partial charge on any atom is 0.0541 e. The van der Waals surface area contributed by atoms with Crippen molar-refractivity contribution in [1.29, 1.82) is 0 Å². The molecular weight excluding hydrogens is 542 g/mol. The number of benzene rings is 6. The zero-order chi connectivity index (χ0) is 29.8. The quantitative estimate of drug-likeness (QED) is 0.197. The van der Waals surface area contributed by atoms with Crippen molar-refractivity contribution in [1.82, 2.24) is 4.57 Å². The summed E-state index contributed by atoms with van der Waals surface area (Å²) in [5.41, 5.74) is 17.1. The molecule has 0 bridgehead atoms. The highest BCUT2D eigenvalue weighted by Crippen LogP contribution is 2.40. The van der Waals surface area contributed by atoms with Gasteiger partial charge in [-0.15, -0.1) is 0 Å². The molecule has 0 aliphatic rings. The van der Waals surface area contributed by atoms with Crippen LogP contribution in [0.1, 0.15) is 27.8 Å². The molecule has 0 aliphatic carbocycles. The molecule has 0 aliphatic heterocycles. The molecule has 7 rings (SSSR count). The molecule has 7 aromatic rings. The van der Waals surface area contributed by atoms with Crippen molar-refractivity contribution in [3.05, 3.63) is 148 Å². The van der Waals surface area contributed by atoms with E-state index >= 15 is 0 Å². The van der Waals surface area contributed by atoms with Crippen LogP contribution in [-0.4, -0.2) is 4.57 Å². The Labute approximate surface area is 259 Å². The maximum atomic E-state index is 7.02. The molecule has 0 atom stereocenters. The highest BCUT2D eigenvalue weighted by molar-refractivity contribution is 6.33. The normalized spacial score (nSPS) is 11.5. The molecule has 0 unspecified atom stereocenters. The van der Waals surface area contributed by atoms with E-state index in [1.807, 2.05) is 0 Å². The molecule has 0 radical (unpaired) electrons. The van der Waals surface area contributed by atoms with Gasteiger partial charge < -0.3 is 4.57 Å². The molecule has 43 heavy (non-hydrogen) atoms. The van der Waals surface area contributed by atoms with Crippen LogP contribution >= 0.6 is 11.6 Å². The van der Waals surface area contributed by atoms with Crippen LogP contribution in [-0.2, 0) is 0 Å².